The van der Waals surface area contributed by atoms with Gasteiger partial charge in [0.05, 0.1) is 11.9 Å². The van der Waals surface area contributed by atoms with Crippen LogP contribution in [0.5, 0.6) is 0 Å². The van der Waals surface area contributed by atoms with Crippen LogP contribution in [0.15, 0.2) is 70.1 Å². The number of benzene rings is 2. The first-order valence-corrected chi connectivity index (χ1v) is 9.48. The molecule has 0 fully saturated rings. The maximum Gasteiger partial charge on any atom is 0.206 e. The van der Waals surface area contributed by atoms with Crippen molar-refractivity contribution in [2.75, 3.05) is 0 Å². The van der Waals surface area contributed by atoms with Gasteiger partial charge in [0.15, 0.2) is 0 Å². The summed E-state index contributed by atoms with van der Waals surface area (Å²) in [6, 6.07) is 19.1. The van der Waals surface area contributed by atoms with Crippen molar-refractivity contribution in [3.05, 3.63) is 75.9 Å². The van der Waals surface area contributed by atoms with Crippen LogP contribution >= 0.6 is 11.3 Å². The lowest BCUT2D eigenvalue weighted by molar-refractivity contribution is 0.754. The van der Waals surface area contributed by atoms with Gasteiger partial charge >= 0.3 is 0 Å². The molecule has 0 radical (unpaired) electrons. The molecule has 0 amide bonds. The average molecular weight is 350 g/mol. The highest BCUT2D eigenvalue weighted by Gasteiger charge is 2.07. The van der Waals surface area contributed by atoms with E-state index < -0.39 is 0 Å². The molecule has 1 heterocycles. The molecule has 0 bridgehead atoms. The molecule has 0 aliphatic carbocycles. The molecule has 128 valence electrons. The zero-order valence-corrected chi connectivity index (χ0v) is 15.7. The highest BCUT2D eigenvalue weighted by atomic mass is 32.1. The summed E-state index contributed by atoms with van der Waals surface area (Å²) >= 11 is 1.62. The van der Waals surface area contributed by atoms with Gasteiger partial charge in [0, 0.05) is 17.0 Å². The first-order chi connectivity index (χ1) is 12.2. The number of aromatic nitrogens is 1. The Bertz CT molecular complexity index is 900. The van der Waals surface area contributed by atoms with Crippen molar-refractivity contribution in [1.29, 1.82) is 0 Å². The summed E-state index contributed by atoms with van der Waals surface area (Å²) in [5.41, 5.74) is 4.63. The summed E-state index contributed by atoms with van der Waals surface area (Å²) in [5, 5.41) is 6.85. The molecule has 0 atom stereocenters. The summed E-state index contributed by atoms with van der Waals surface area (Å²) in [7, 11) is 0. The molecule has 0 unspecified atom stereocenters. The van der Waals surface area contributed by atoms with Gasteiger partial charge in [0.1, 0.15) is 0 Å². The predicted molar refractivity (Wildman–Crippen MR) is 107 cm³/mol. The van der Waals surface area contributed by atoms with Gasteiger partial charge in [0.25, 0.3) is 0 Å². The van der Waals surface area contributed by atoms with E-state index in [0.29, 0.717) is 0 Å². The number of hydrogen-bond acceptors (Lipinski definition) is 3. The SMILES string of the molecule is CCc1ccc(C=Nn2c(-c3ccccc3)csc2=NC(C)C)cc1. The van der Waals surface area contributed by atoms with Crippen molar-refractivity contribution in [2.45, 2.75) is 33.2 Å². The van der Waals surface area contributed by atoms with Crippen LogP contribution in [0.2, 0.25) is 0 Å². The molecular weight excluding hydrogens is 326 g/mol. The van der Waals surface area contributed by atoms with Gasteiger partial charge in [0.2, 0.25) is 4.80 Å². The third-order valence-electron chi connectivity index (χ3n) is 3.83. The quantitative estimate of drug-likeness (QED) is 0.582. The maximum atomic E-state index is 4.73. The second-order valence-electron chi connectivity index (χ2n) is 6.14. The van der Waals surface area contributed by atoms with E-state index >= 15 is 0 Å². The van der Waals surface area contributed by atoms with Crippen LogP contribution in [-0.4, -0.2) is 16.9 Å². The Labute approximate surface area is 153 Å². The van der Waals surface area contributed by atoms with Crippen molar-refractivity contribution >= 4 is 17.6 Å². The van der Waals surface area contributed by atoms with Crippen LogP contribution in [0.25, 0.3) is 11.3 Å². The van der Waals surface area contributed by atoms with Gasteiger partial charge in [-0.05, 0) is 31.4 Å². The highest BCUT2D eigenvalue weighted by Crippen LogP contribution is 2.19. The Morgan fingerprint density at radius 1 is 1.04 bits per heavy atom. The number of rotatable bonds is 5. The Balaban J connectivity index is 2.03. The molecule has 2 aromatic carbocycles. The normalized spacial score (nSPS) is 12.4. The minimum absolute atomic E-state index is 0.229. The first-order valence-electron chi connectivity index (χ1n) is 8.60. The predicted octanol–water partition coefficient (Wildman–Crippen LogP) is 4.97. The molecule has 0 N–H and O–H groups in total. The van der Waals surface area contributed by atoms with Crippen LogP contribution in [0.1, 0.15) is 31.9 Å². The molecule has 0 aliphatic heterocycles. The second kappa shape index (κ2) is 8.08. The van der Waals surface area contributed by atoms with E-state index in [2.05, 4.69) is 62.5 Å². The zero-order valence-electron chi connectivity index (χ0n) is 14.9. The maximum absolute atomic E-state index is 4.73. The number of aryl methyl sites for hydroxylation is 1. The van der Waals surface area contributed by atoms with E-state index in [1.165, 1.54) is 5.56 Å². The molecule has 4 heteroatoms. The molecule has 0 aliphatic rings. The summed E-state index contributed by atoms with van der Waals surface area (Å²) < 4.78 is 1.94. The van der Waals surface area contributed by atoms with Crippen molar-refractivity contribution in [2.24, 2.45) is 10.1 Å². The molecule has 0 spiro atoms. The lowest BCUT2D eigenvalue weighted by atomic mass is 10.1. The van der Waals surface area contributed by atoms with Gasteiger partial charge in [-0.3, -0.25) is 4.99 Å². The summed E-state index contributed by atoms with van der Waals surface area (Å²) in [6.07, 6.45) is 2.95. The monoisotopic (exact) mass is 349 g/mol. The molecule has 3 aromatic rings. The first kappa shape index (κ1) is 17.4. The van der Waals surface area contributed by atoms with E-state index in [-0.39, 0.29) is 6.04 Å². The van der Waals surface area contributed by atoms with E-state index in [9.17, 15) is 0 Å². The van der Waals surface area contributed by atoms with Crippen molar-refractivity contribution in [3.63, 3.8) is 0 Å². The van der Waals surface area contributed by atoms with E-state index in [1.54, 1.807) is 11.3 Å². The Morgan fingerprint density at radius 3 is 2.40 bits per heavy atom. The topological polar surface area (TPSA) is 29.6 Å². The van der Waals surface area contributed by atoms with Gasteiger partial charge in [-0.1, -0.05) is 61.5 Å². The fourth-order valence-electron chi connectivity index (χ4n) is 2.49. The number of nitrogens with zero attached hydrogens (tertiary/aromatic N) is 3. The zero-order chi connectivity index (χ0) is 17.6. The van der Waals surface area contributed by atoms with E-state index in [1.807, 2.05) is 29.1 Å². The Hall–Kier alpha value is -2.46. The van der Waals surface area contributed by atoms with Gasteiger partial charge < -0.3 is 0 Å². The minimum atomic E-state index is 0.229. The van der Waals surface area contributed by atoms with Crippen LogP contribution in [0, 0.1) is 0 Å². The Kier molecular flexibility index (Phi) is 5.61. The van der Waals surface area contributed by atoms with Crippen LogP contribution in [-0.2, 0) is 6.42 Å². The van der Waals surface area contributed by atoms with Crippen molar-refractivity contribution < 1.29 is 0 Å². The van der Waals surface area contributed by atoms with E-state index in [4.69, 9.17) is 10.1 Å². The summed E-state index contributed by atoms with van der Waals surface area (Å²) in [6.45, 7) is 6.33. The number of thiazole rings is 1. The van der Waals surface area contributed by atoms with Crippen LogP contribution in [0.3, 0.4) is 0 Å². The van der Waals surface area contributed by atoms with Gasteiger partial charge in [-0.2, -0.15) is 5.10 Å². The molecule has 3 rings (SSSR count). The van der Waals surface area contributed by atoms with Gasteiger partial charge in [-0.15, -0.1) is 11.3 Å². The molecule has 0 saturated heterocycles. The molecule has 0 saturated carbocycles. The summed E-state index contributed by atoms with van der Waals surface area (Å²) in [4.78, 5) is 5.63. The summed E-state index contributed by atoms with van der Waals surface area (Å²) in [5.74, 6) is 0. The third-order valence-corrected chi connectivity index (χ3v) is 4.66. The fourth-order valence-corrected chi connectivity index (χ4v) is 3.46. The van der Waals surface area contributed by atoms with Gasteiger partial charge in [-0.25, -0.2) is 4.68 Å². The van der Waals surface area contributed by atoms with Crippen molar-refractivity contribution in [1.82, 2.24) is 4.68 Å². The van der Waals surface area contributed by atoms with Crippen molar-refractivity contribution in [3.8, 4) is 11.3 Å². The minimum Gasteiger partial charge on any atom is -0.255 e. The smallest absolute Gasteiger partial charge is 0.206 e. The molecule has 1 aromatic heterocycles. The largest absolute Gasteiger partial charge is 0.255 e. The molecule has 3 nitrogen and oxygen atoms in total. The fraction of sp³-hybridized carbons (Fsp3) is 0.238. The highest BCUT2D eigenvalue weighted by molar-refractivity contribution is 7.07. The van der Waals surface area contributed by atoms with Crippen LogP contribution in [0.4, 0.5) is 0 Å². The average Bonchev–Trinajstić information content (AvgIpc) is 3.03. The molecule has 25 heavy (non-hydrogen) atoms. The lowest BCUT2D eigenvalue weighted by Crippen LogP contribution is -2.14. The lowest BCUT2D eigenvalue weighted by Gasteiger charge is -2.04. The number of hydrogen-bond donors (Lipinski definition) is 0. The third kappa shape index (κ3) is 4.34. The molecular formula is C21H23N3S. The standard InChI is InChI=1S/C21H23N3S/c1-4-17-10-12-18(13-11-17)14-22-24-20(19-8-6-5-7-9-19)15-25-21(24)23-16(2)3/h5-16H,4H2,1-3H3. The van der Waals surface area contributed by atoms with Crippen LogP contribution < -0.4 is 4.80 Å². The Morgan fingerprint density at radius 2 is 1.76 bits per heavy atom. The second-order valence-corrected chi connectivity index (χ2v) is 6.98. The van der Waals surface area contributed by atoms with E-state index in [0.717, 1.165) is 28.0 Å².